The van der Waals surface area contributed by atoms with Crippen LogP contribution >= 0.6 is 11.3 Å². The largest absolute Gasteiger partial charge is 0.369 e. The van der Waals surface area contributed by atoms with Gasteiger partial charge in [-0.2, -0.15) is 0 Å². The Labute approximate surface area is 93.3 Å². The summed E-state index contributed by atoms with van der Waals surface area (Å²) in [5, 5.41) is 6.63. The summed E-state index contributed by atoms with van der Waals surface area (Å²) in [6.45, 7) is 3.70. The Morgan fingerprint density at radius 2 is 2.40 bits per heavy atom. The normalized spacial score (nSPS) is 12.9. The van der Waals surface area contributed by atoms with Crippen LogP contribution in [0.5, 0.6) is 0 Å². The molecule has 0 amide bonds. The molecule has 3 N–H and O–H groups in total. The highest BCUT2D eigenvalue weighted by Gasteiger charge is 2.04. The smallest absolute Gasteiger partial charge is 0.134 e. The molecule has 4 heteroatoms. The summed E-state index contributed by atoms with van der Waals surface area (Å²) in [7, 11) is 0. The average molecular weight is 221 g/mol. The van der Waals surface area contributed by atoms with Crippen LogP contribution in [-0.2, 0) is 0 Å². The SMILES string of the molecule is CC(CN)CNc1nccc2sccc12. The second-order valence-corrected chi connectivity index (χ2v) is 4.66. The Balaban J connectivity index is 2.17. The van der Waals surface area contributed by atoms with Gasteiger partial charge >= 0.3 is 0 Å². The molecule has 2 aromatic heterocycles. The second kappa shape index (κ2) is 4.59. The molecule has 15 heavy (non-hydrogen) atoms. The predicted octanol–water partition coefficient (Wildman–Crippen LogP) is 2.30. The minimum absolute atomic E-state index is 0.473. The van der Waals surface area contributed by atoms with E-state index in [9.17, 15) is 0 Å². The summed E-state index contributed by atoms with van der Waals surface area (Å²) < 4.78 is 1.27. The molecule has 2 aromatic rings. The van der Waals surface area contributed by atoms with Gasteiger partial charge < -0.3 is 11.1 Å². The lowest BCUT2D eigenvalue weighted by Crippen LogP contribution is -2.20. The number of rotatable bonds is 4. The van der Waals surface area contributed by atoms with Crippen molar-refractivity contribution in [2.75, 3.05) is 18.4 Å². The third kappa shape index (κ3) is 2.27. The van der Waals surface area contributed by atoms with Crippen molar-refractivity contribution in [3.8, 4) is 0 Å². The van der Waals surface area contributed by atoms with Gasteiger partial charge in [0.1, 0.15) is 5.82 Å². The van der Waals surface area contributed by atoms with Gasteiger partial charge in [0.05, 0.1) is 0 Å². The third-order valence-corrected chi connectivity index (χ3v) is 3.28. The first-order valence-electron chi connectivity index (χ1n) is 5.07. The van der Waals surface area contributed by atoms with Gasteiger partial charge in [-0.25, -0.2) is 4.98 Å². The first kappa shape index (κ1) is 10.4. The van der Waals surface area contributed by atoms with E-state index >= 15 is 0 Å². The third-order valence-electron chi connectivity index (χ3n) is 2.40. The van der Waals surface area contributed by atoms with Gasteiger partial charge in [0, 0.05) is 22.8 Å². The number of nitrogens with one attached hydrogen (secondary N) is 1. The molecule has 2 heterocycles. The standard InChI is InChI=1S/C11H15N3S/c1-8(6-12)7-14-11-9-3-5-15-10(9)2-4-13-11/h2-5,8H,6-7,12H2,1H3,(H,13,14). The van der Waals surface area contributed by atoms with Crippen molar-refractivity contribution in [3.63, 3.8) is 0 Å². The molecule has 0 aromatic carbocycles. The minimum atomic E-state index is 0.473. The van der Waals surface area contributed by atoms with Crippen LogP contribution in [0.2, 0.25) is 0 Å². The molecule has 2 rings (SSSR count). The zero-order chi connectivity index (χ0) is 10.7. The number of nitrogens with two attached hydrogens (primary N) is 1. The Bertz CT molecular complexity index is 438. The van der Waals surface area contributed by atoms with Crippen LogP contribution in [0.4, 0.5) is 5.82 Å². The molecule has 3 nitrogen and oxygen atoms in total. The van der Waals surface area contributed by atoms with E-state index in [1.165, 1.54) is 10.1 Å². The van der Waals surface area contributed by atoms with Crippen molar-refractivity contribution in [3.05, 3.63) is 23.7 Å². The summed E-state index contributed by atoms with van der Waals surface area (Å²) in [5.74, 6) is 1.44. The summed E-state index contributed by atoms with van der Waals surface area (Å²) in [5.41, 5.74) is 5.57. The van der Waals surface area contributed by atoms with Crippen molar-refractivity contribution < 1.29 is 0 Å². The first-order chi connectivity index (χ1) is 7.31. The van der Waals surface area contributed by atoms with Crippen LogP contribution < -0.4 is 11.1 Å². The highest BCUT2D eigenvalue weighted by atomic mass is 32.1. The van der Waals surface area contributed by atoms with Gasteiger partial charge in [-0.05, 0) is 30.0 Å². The summed E-state index contributed by atoms with van der Waals surface area (Å²) in [6, 6.07) is 4.14. The molecule has 1 unspecified atom stereocenters. The predicted molar refractivity (Wildman–Crippen MR) is 66.3 cm³/mol. The van der Waals surface area contributed by atoms with Crippen molar-refractivity contribution in [2.24, 2.45) is 11.7 Å². The molecular weight excluding hydrogens is 206 g/mol. The molecule has 0 spiro atoms. The fraction of sp³-hybridized carbons (Fsp3) is 0.364. The molecule has 0 aliphatic carbocycles. The van der Waals surface area contributed by atoms with Crippen molar-refractivity contribution >= 4 is 27.2 Å². The number of pyridine rings is 1. The monoisotopic (exact) mass is 221 g/mol. The van der Waals surface area contributed by atoms with Gasteiger partial charge in [0.2, 0.25) is 0 Å². The molecule has 0 saturated carbocycles. The maximum absolute atomic E-state index is 5.57. The lowest BCUT2D eigenvalue weighted by molar-refractivity contribution is 0.627. The molecule has 1 atom stereocenters. The van der Waals surface area contributed by atoms with Crippen LogP contribution in [0.25, 0.3) is 10.1 Å². The highest BCUT2D eigenvalue weighted by molar-refractivity contribution is 7.17. The van der Waals surface area contributed by atoms with E-state index in [4.69, 9.17) is 5.73 Å². The highest BCUT2D eigenvalue weighted by Crippen LogP contribution is 2.25. The topological polar surface area (TPSA) is 50.9 Å². The summed E-state index contributed by atoms with van der Waals surface area (Å²) in [6.07, 6.45) is 1.84. The fourth-order valence-electron chi connectivity index (χ4n) is 1.39. The number of nitrogens with zero attached hydrogens (tertiary/aromatic N) is 1. The van der Waals surface area contributed by atoms with Gasteiger partial charge in [-0.3, -0.25) is 0 Å². The van der Waals surface area contributed by atoms with Gasteiger partial charge in [-0.15, -0.1) is 11.3 Å². The zero-order valence-electron chi connectivity index (χ0n) is 8.73. The fourth-order valence-corrected chi connectivity index (χ4v) is 2.17. The summed E-state index contributed by atoms with van der Waals surface area (Å²) in [4.78, 5) is 4.34. The van der Waals surface area contributed by atoms with Crippen molar-refractivity contribution in [2.45, 2.75) is 6.92 Å². The Kier molecular flexibility index (Phi) is 3.18. The maximum Gasteiger partial charge on any atom is 0.134 e. The number of thiophene rings is 1. The Hall–Kier alpha value is -1.13. The van der Waals surface area contributed by atoms with E-state index in [1.807, 2.05) is 12.3 Å². The molecule has 80 valence electrons. The number of hydrogen-bond donors (Lipinski definition) is 2. The minimum Gasteiger partial charge on any atom is -0.369 e. The zero-order valence-corrected chi connectivity index (χ0v) is 9.55. The summed E-state index contributed by atoms with van der Waals surface area (Å²) >= 11 is 1.74. The second-order valence-electron chi connectivity index (χ2n) is 3.71. The molecule has 0 saturated heterocycles. The molecular formula is C11H15N3S. The Morgan fingerprint density at radius 3 is 3.20 bits per heavy atom. The van der Waals surface area contributed by atoms with Crippen molar-refractivity contribution in [1.82, 2.24) is 4.98 Å². The van der Waals surface area contributed by atoms with E-state index < -0.39 is 0 Å². The number of hydrogen-bond acceptors (Lipinski definition) is 4. The lowest BCUT2D eigenvalue weighted by Gasteiger charge is -2.10. The van der Waals surface area contributed by atoms with Gasteiger partial charge in [-0.1, -0.05) is 6.92 Å². The molecule has 0 aliphatic heterocycles. The van der Waals surface area contributed by atoms with Crippen LogP contribution in [-0.4, -0.2) is 18.1 Å². The van der Waals surface area contributed by atoms with Crippen LogP contribution in [0, 0.1) is 5.92 Å². The van der Waals surface area contributed by atoms with E-state index in [0.29, 0.717) is 12.5 Å². The van der Waals surface area contributed by atoms with E-state index in [2.05, 4.69) is 28.7 Å². The van der Waals surface area contributed by atoms with Gasteiger partial charge in [0.25, 0.3) is 0 Å². The molecule has 0 fully saturated rings. The van der Waals surface area contributed by atoms with E-state index in [-0.39, 0.29) is 0 Å². The average Bonchev–Trinajstić information content (AvgIpc) is 2.74. The van der Waals surface area contributed by atoms with Gasteiger partial charge in [0.15, 0.2) is 0 Å². The van der Waals surface area contributed by atoms with E-state index in [0.717, 1.165) is 12.4 Å². The van der Waals surface area contributed by atoms with Crippen molar-refractivity contribution in [1.29, 1.82) is 0 Å². The first-order valence-corrected chi connectivity index (χ1v) is 5.95. The maximum atomic E-state index is 5.57. The number of anilines is 1. The van der Waals surface area contributed by atoms with Crippen LogP contribution in [0.15, 0.2) is 23.7 Å². The lowest BCUT2D eigenvalue weighted by atomic mass is 10.2. The molecule has 0 aliphatic rings. The number of fused-ring (bicyclic) bond motifs is 1. The number of aromatic nitrogens is 1. The molecule has 0 bridgehead atoms. The van der Waals surface area contributed by atoms with E-state index in [1.54, 1.807) is 11.3 Å². The Morgan fingerprint density at radius 1 is 1.53 bits per heavy atom. The quantitative estimate of drug-likeness (QED) is 0.833. The van der Waals surface area contributed by atoms with Crippen LogP contribution in [0.1, 0.15) is 6.92 Å². The molecule has 0 radical (unpaired) electrons. The van der Waals surface area contributed by atoms with Crippen LogP contribution in [0.3, 0.4) is 0 Å².